The summed E-state index contributed by atoms with van der Waals surface area (Å²) in [6, 6.07) is 12.9. The fourth-order valence-corrected chi connectivity index (χ4v) is 6.02. The summed E-state index contributed by atoms with van der Waals surface area (Å²) >= 11 is 13.8. The van der Waals surface area contributed by atoms with Gasteiger partial charge < -0.3 is 5.32 Å². The lowest BCUT2D eigenvalue weighted by Crippen LogP contribution is -2.06. The molecule has 0 saturated carbocycles. The van der Waals surface area contributed by atoms with E-state index in [4.69, 9.17) is 23.2 Å². The van der Waals surface area contributed by atoms with Crippen LogP contribution in [0, 0.1) is 6.92 Å². The Bertz CT molecular complexity index is 1080. The zero-order valence-electron chi connectivity index (χ0n) is 13.9. The molecule has 0 spiro atoms. The lowest BCUT2D eigenvalue weighted by atomic mass is 10.3. The largest absolute Gasteiger partial charge is 0.308 e. The maximum atomic E-state index is 12.8. The van der Waals surface area contributed by atoms with Gasteiger partial charge in [-0.25, -0.2) is 8.42 Å². The Morgan fingerprint density at radius 1 is 1.00 bits per heavy atom. The third-order valence-electron chi connectivity index (χ3n) is 3.65. The Balaban J connectivity index is 1.79. The number of rotatable bonds is 4. The summed E-state index contributed by atoms with van der Waals surface area (Å²) in [7, 11) is -3.69. The van der Waals surface area contributed by atoms with Crippen LogP contribution < -0.4 is 5.32 Å². The first-order valence-electron chi connectivity index (χ1n) is 7.60. The van der Waals surface area contributed by atoms with Gasteiger partial charge in [0.15, 0.2) is 0 Å². The number of thiophene rings is 1. The molecule has 1 N–H and O–H groups in total. The van der Waals surface area contributed by atoms with Gasteiger partial charge in [0.1, 0.15) is 0 Å². The second-order valence-corrected chi connectivity index (χ2v) is 10.2. The number of halogens is 2. The van der Waals surface area contributed by atoms with Crippen LogP contribution in [0.15, 0.2) is 68.6 Å². The minimum atomic E-state index is -3.69. The Morgan fingerprint density at radius 2 is 1.56 bits per heavy atom. The van der Waals surface area contributed by atoms with Gasteiger partial charge in [-0.15, -0.1) is 11.3 Å². The second kappa shape index (κ2) is 8.24. The predicted octanol–water partition coefficient (Wildman–Crippen LogP) is 6.52. The van der Waals surface area contributed by atoms with Gasteiger partial charge in [0.2, 0.25) is 9.84 Å². The van der Waals surface area contributed by atoms with Crippen molar-refractivity contribution >= 4 is 66.4 Å². The van der Waals surface area contributed by atoms with Gasteiger partial charge in [0, 0.05) is 25.9 Å². The molecule has 0 atom stereocenters. The number of hydrogen-bond donors (Lipinski definition) is 1. The highest BCUT2D eigenvalue weighted by atomic mass is 35.5. The van der Waals surface area contributed by atoms with E-state index in [2.05, 4.69) is 5.32 Å². The highest BCUT2D eigenvalue weighted by molar-refractivity contribution is 8.14. The number of thioether (sulfide) groups is 1. The summed E-state index contributed by atoms with van der Waals surface area (Å²) < 4.78 is 25.6. The SMILES string of the molecule is Cc1c(S(=O)(=O)c2ccc(Cl)cc2)csc1NC(=O)Sc1ccc(Cl)cc1. The van der Waals surface area contributed by atoms with Crippen molar-refractivity contribution in [2.24, 2.45) is 0 Å². The normalized spacial score (nSPS) is 11.4. The Labute approximate surface area is 175 Å². The standard InChI is InChI=1S/C18H13Cl2NO3S3/c1-11-16(27(23,24)15-8-4-13(20)5-9-15)10-25-17(11)21-18(22)26-14-6-2-12(19)3-7-14/h2-10H,1H3,(H,21,22). The molecule has 0 saturated heterocycles. The molecule has 0 radical (unpaired) electrons. The number of benzene rings is 2. The average molecular weight is 458 g/mol. The van der Waals surface area contributed by atoms with Crippen LogP contribution in [-0.4, -0.2) is 13.7 Å². The Morgan fingerprint density at radius 3 is 2.15 bits per heavy atom. The lowest BCUT2D eigenvalue weighted by molar-refractivity contribution is 0.270. The summed E-state index contributed by atoms with van der Waals surface area (Å²) in [6.07, 6.45) is 0. The van der Waals surface area contributed by atoms with Gasteiger partial charge in [0.05, 0.1) is 14.8 Å². The molecule has 2 aromatic carbocycles. The molecule has 0 aliphatic carbocycles. The van der Waals surface area contributed by atoms with Gasteiger partial charge in [-0.2, -0.15) is 0 Å². The van der Waals surface area contributed by atoms with Crippen LogP contribution >= 0.6 is 46.3 Å². The summed E-state index contributed by atoms with van der Waals surface area (Å²) in [6.45, 7) is 1.67. The zero-order chi connectivity index (χ0) is 19.6. The predicted molar refractivity (Wildman–Crippen MR) is 112 cm³/mol. The summed E-state index contributed by atoms with van der Waals surface area (Å²) in [5.41, 5.74) is 0.500. The van der Waals surface area contributed by atoms with Crippen LogP contribution in [0.1, 0.15) is 5.56 Å². The Hall–Kier alpha value is -1.51. The minimum absolute atomic E-state index is 0.154. The number of hydrogen-bond acceptors (Lipinski definition) is 5. The van der Waals surface area contributed by atoms with E-state index >= 15 is 0 Å². The van der Waals surface area contributed by atoms with E-state index in [1.807, 2.05) is 0 Å². The highest BCUT2D eigenvalue weighted by Gasteiger charge is 2.24. The number of nitrogens with one attached hydrogen (secondary N) is 1. The van der Waals surface area contributed by atoms with Crippen molar-refractivity contribution < 1.29 is 13.2 Å². The summed E-state index contributed by atoms with van der Waals surface area (Å²) in [5, 5.41) is 5.52. The molecule has 1 heterocycles. The van der Waals surface area contributed by atoms with Crippen molar-refractivity contribution in [3.63, 3.8) is 0 Å². The molecule has 4 nitrogen and oxygen atoms in total. The molecule has 3 rings (SSSR count). The molecule has 0 unspecified atom stereocenters. The smallest absolute Gasteiger partial charge is 0.288 e. The molecular weight excluding hydrogens is 445 g/mol. The number of sulfone groups is 1. The molecule has 0 aliphatic heterocycles. The van der Waals surface area contributed by atoms with Gasteiger partial charge in [-0.3, -0.25) is 4.79 Å². The molecular formula is C18H13Cl2NO3S3. The number of carbonyl (C=O) groups is 1. The maximum absolute atomic E-state index is 12.8. The van der Waals surface area contributed by atoms with Crippen LogP contribution in [0.4, 0.5) is 9.80 Å². The van der Waals surface area contributed by atoms with Crippen LogP contribution in [0.2, 0.25) is 10.0 Å². The molecule has 0 bridgehead atoms. The molecule has 27 heavy (non-hydrogen) atoms. The van der Waals surface area contributed by atoms with Crippen molar-refractivity contribution in [1.29, 1.82) is 0 Å². The fourth-order valence-electron chi connectivity index (χ4n) is 2.26. The number of carbonyl (C=O) groups excluding carboxylic acids is 1. The lowest BCUT2D eigenvalue weighted by Gasteiger charge is -2.06. The molecule has 9 heteroatoms. The minimum Gasteiger partial charge on any atom is -0.308 e. The first-order valence-corrected chi connectivity index (χ1v) is 11.5. The van der Waals surface area contributed by atoms with Gasteiger partial charge >= 0.3 is 0 Å². The van der Waals surface area contributed by atoms with Crippen molar-refractivity contribution in [2.45, 2.75) is 21.6 Å². The molecule has 1 amide bonds. The molecule has 1 aromatic heterocycles. The Kier molecular flexibility index (Phi) is 6.18. The van der Waals surface area contributed by atoms with E-state index in [1.165, 1.54) is 41.0 Å². The van der Waals surface area contributed by atoms with Gasteiger partial charge in [-0.1, -0.05) is 23.2 Å². The van der Waals surface area contributed by atoms with E-state index in [0.29, 0.717) is 20.6 Å². The summed E-state index contributed by atoms with van der Waals surface area (Å²) in [4.78, 5) is 13.3. The first-order chi connectivity index (χ1) is 12.8. The van der Waals surface area contributed by atoms with E-state index in [0.717, 1.165) is 16.7 Å². The van der Waals surface area contributed by atoms with Crippen LogP contribution in [0.5, 0.6) is 0 Å². The van der Waals surface area contributed by atoms with Crippen molar-refractivity contribution in [3.8, 4) is 0 Å². The number of amides is 1. The molecule has 0 fully saturated rings. The van der Waals surface area contributed by atoms with Crippen LogP contribution in [0.3, 0.4) is 0 Å². The highest BCUT2D eigenvalue weighted by Crippen LogP contribution is 2.35. The van der Waals surface area contributed by atoms with E-state index in [9.17, 15) is 13.2 Å². The topological polar surface area (TPSA) is 63.2 Å². The van der Waals surface area contributed by atoms with Crippen molar-refractivity contribution in [3.05, 3.63) is 69.5 Å². The van der Waals surface area contributed by atoms with Crippen LogP contribution in [-0.2, 0) is 9.84 Å². The van der Waals surface area contributed by atoms with Crippen molar-refractivity contribution in [2.75, 3.05) is 5.32 Å². The van der Waals surface area contributed by atoms with E-state index in [-0.39, 0.29) is 15.0 Å². The quantitative estimate of drug-likeness (QED) is 0.452. The molecule has 3 aromatic rings. The molecule has 0 aliphatic rings. The van der Waals surface area contributed by atoms with Gasteiger partial charge in [0.25, 0.3) is 5.24 Å². The third-order valence-corrected chi connectivity index (χ3v) is 7.99. The van der Waals surface area contributed by atoms with E-state index < -0.39 is 9.84 Å². The number of anilines is 1. The third kappa shape index (κ3) is 4.67. The monoisotopic (exact) mass is 457 g/mol. The second-order valence-electron chi connectivity index (χ2n) is 5.48. The zero-order valence-corrected chi connectivity index (χ0v) is 17.9. The van der Waals surface area contributed by atoms with E-state index in [1.54, 1.807) is 31.2 Å². The first kappa shape index (κ1) is 20.2. The summed E-state index contributed by atoms with van der Waals surface area (Å²) in [5.74, 6) is 0. The average Bonchev–Trinajstić information content (AvgIpc) is 2.98. The van der Waals surface area contributed by atoms with Gasteiger partial charge in [-0.05, 0) is 67.2 Å². The van der Waals surface area contributed by atoms with Crippen molar-refractivity contribution in [1.82, 2.24) is 0 Å². The molecule has 140 valence electrons. The maximum Gasteiger partial charge on any atom is 0.288 e. The van der Waals surface area contributed by atoms with Crippen LogP contribution in [0.25, 0.3) is 0 Å². The fraction of sp³-hybridized carbons (Fsp3) is 0.0556.